The summed E-state index contributed by atoms with van der Waals surface area (Å²) in [5, 5.41) is 0. The largest absolute Gasteiger partial charge is 0.390 e. The summed E-state index contributed by atoms with van der Waals surface area (Å²) in [6.45, 7) is 12.2. The second kappa shape index (κ2) is 4.09. The molecule has 0 bridgehead atoms. The van der Waals surface area contributed by atoms with Crippen LogP contribution in [0.3, 0.4) is 0 Å². The minimum absolute atomic E-state index is 0.0254. The summed E-state index contributed by atoms with van der Waals surface area (Å²) in [6, 6.07) is 0. The minimum Gasteiger partial charge on any atom is -0.390 e. The summed E-state index contributed by atoms with van der Waals surface area (Å²) < 4.78 is 5.61. The summed E-state index contributed by atoms with van der Waals surface area (Å²) in [6.07, 6.45) is 0.189. The molecule has 0 aliphatic rings. The highest BCUT2D eigenvalue weighted by Gasteiger charge is 2.32. The van der Waals surface area contributed by atoms with Crippen LogP contribution in [0.15, 0.2) is 0 Å². The molecule has 0 saturated heterocycles. The van der Waals surface area contributed by atoms with E-state index >= 15 is 0 Å². The Hall–Kier alpha value is 0.427. The van der Waals surface area contributed by atoms with E-state index in [1.165, 1.54) is 0 Å². The van der Waals surface area contributed by atoms with E-state index in [9.17, 15) is 0 Å². The van der Waals surface area contributed by atoms with Crippen molar-refractivity contribution in [2.75, 3.05) is 0 Å². The minimum atomic E-state index is -2.18. The van der Waals surface area contributed by atoms with Crippen LogP contribution >= 0.6 is 11.1 Å². The van der Waals surface area contributed by atoms with Crippen molar-refractivity contribution in [3.8, 4) is 0 Å². The van der Waals surface area contributed by atoms with Crippen LogP contribution in [-0.4, -0.2) is 19.4 Å². The molecule has 0 rings (SSSR count). The maximum atomic E-state index is 6.22. The molecule has 74 valence electrons. The normalized spacial score (nSPS) is 18.0. The van der Waals surface area contributed by atoms with Gasteiger partial charge in [-0.05, 0) is 41.2 Å². The van der Waals surface area contributed by atoms with Crippen LogP contribution in [0.2, 0.25) is 6.55 Å². The average Bonchev–Trinajstić information content (AvgIpc) is 1.48. The molecule has 0 amide bonds. The second-order valence-corrected chi connectivity index (χ2v) is 8.94. The predicted molar refractivity (Wildman–Crippen MR) is 56.6 cm³/mol. The standard InChI is InChI=1S/C8H20ClNOSi/c1-7(2)11-12(6,9)10-8(3,4)5/h7,10H,1-6H3. The zero-order valence-corrected chi connectivity index (χ0v) is 10.6. The Morgan fingerprint density at radius 1 is 1.33 bits per heavy atom. The first kappa shape index (κ1) is 12.4. The van der Waals surface area contributed by atoms with Gasteiger partial charge >= 0.3 is 7.79 Å². The topological polar surface area (TPSA) is 21.3 Å². The molecule has 0 saturated carbocycles. The van der Waals surface area contributed by atoms with Gasteiger partial charge in [0.15, 0.2) is 0 Å². The third kappa shape index (κ3) is 7.10. The lowest BCUT2D eigenvalue weighted by atomic mass is 10.1. The van der Waals surface area contributed by atoms with Crippen molar-refractivity contribution in [2.24, 2.45) is 0 Å². The highest BCUT2D eigenvalue weighted by Crippen LogP contribution is 2.14. The van der Waals surface area contributed by atoms with Gasteiger partial charge in [-0.3, -0.25) is 4.98 Å². The zero-order chi connectivity index (χ0) is 9.99. The molecule has 1 N–H and O–H groups in total. The van der Waals surface area contributed by atoms with E-state index < -0.39 is 7.79 Å². The summed E-state index contributed by atoms with van der Waals surface area (Å²) in [7, 11) is -2.18. The van der Waals surface area contributed by atoms with Crippen LogP contribution in [0, 0.1) is 0 Å². The Morgan fingerprint density at radius 2 is 1.75 bits per heavy atom. The van der Waals surface area contributed by atoms with Gasteiger partial charge in [0.05, 0.1) is 0 Å². The number of nitrogens with one attached hydrogen (secondary N) is 1. The summed E-state index contributed by atoms with van der Waals surface area (Å²) in [5.41, 5.74) is 0.0254. The Morgan fingerprint density at radius 3 is 2.00 bits per heavy atom. The van der Waals surface area contributed by atoms with Crippen molar-refractivity contribution in [1.82, 2.24) is 4.98 Å². The van der Waals surface area contributed by atoms with E-state index in [2.05, 4.69) is 25.8 Å². The van der Waals surface area contributed by atoms with Crippen molar-refractivity contribution >= 4 is 18.9 Å². The van der Waals surface area contributed by atoms with Crippen LogP contribution in [0.4, 0.5) is 0 Å². The van der Waals surface area contributed by atoms with Crippen LogP contribution in [-0.2, 0) is 4.43 Å². The summed E-state index contributed by atoms with van der Waals surface area (Å²) in [5.74, 6) is 0. The quantitative estimate of drug-likeness (QED) is 0.570. The second-order valence-electron chi connectivity index (χ2n) is 4.46. The molecule has 0 aromatic carbocycles. The fourth-order valence-electron chi connectivity index (χ4n) is 1.14. The zero-order valence-electron chi connectivity index (χ0n) is 8.86. The van der Waals surface area contributed by atoms with Crippen LogP contribution in [0.25, 0.3) is 0 Å². The van der Waals surface area contributed by atoms with Crippen LogP contribution in [0.5, 0.6) is 0 Å². The van der Waals surface area contributed by atoms with Gasteiger partial charge in [-0.25, -0.2) is 0 Å². The van der Waals surface area contributed by atoms with Gasteiger partial charge in [0, 0.05) is 11.6 Å². The molecule has 1 atom stereocenters. The van der Waals surface area contributed by atoms with Gasteiger partial charge in [0.25, 0.3) is 0 Å². The SMILES string of the molecule is CC(C)O[Si](C)(Cl)NC(C)(C)C. The molecule has 4 heteroatoms. The van der Waals surface area contributed by atoms with E-state index in [-0.39, 0.29) is 11.6 Å². The van der Waals surface area contributed by atoms with Gasteiger partial charge < -0.3 is 4.43 Å². The molecule has 0 aromatic heterocycles. The molecular weight excluding hydrogens is 190 g/mol. The average molecular weight is 210 g/mol. The molecule has 0 heterocycles. The van der Waals surface area contributed by atoms with Gasteiger partial charge in [0.2, 0.25) is 0 Å². The van der Waals surface area contributed by atoms with E-state index in [1.807, 2.05) is 20.4 Å². The maximum absolute atomic E-state index is 6.22. The summed E-state index contributed by atoms with van der Waals surface area (Å²) in [4.78, 5) is 3.31. The Labute approximate surface area is 81.6 Å². The molecule has 0 spiro atoms. The van der Waals surface area contributed by atoms with Gasteiger partial charge in [0.1, 0.15) is 0 Å². The molecule has 12 heavy (non-hydrogen) atoms. The lowest BCUT2D eigenvalue weighted by Crippen LogP contribution is -2.55. The third-order valence-corrected chi connectivity index (χ3v) is 3.72. The Bertz CT molecular complexity index is 142. The first-order valence-electron chi connectivity index (χ1n) is 4.28. The van der Waals surface area contributed by atoms with Gasteiger partial charge in [-0.2, -0.15) is 0 Å². The molecule has 0 aliphatic heterocycles. The van der Waals surface area contributed by atoms with Crippen molar-refractivity contribution in [3.63, 3.8) is 0 Å². The molecule has 1 unspecified atom stereocenters. The first-order chi connectivity index (χ1) is 5.12. The van der Waals surface area contributed by atoms with E-state index in [4.69, 9.17) is 15.5 Å². The monoisotopic (exact) mass is 209 g/mol. The maximum Gasteiger partial charge on any atom is 0.368 e. The molecule has 0 radical (unpaired) electrons. The fourth-order valence-corrected chi connectivity index (χ4v) is 4.81. The Balaban J connectivity index is 4.04. The molecular formula is C8H20ClNOSi. The highest BCUT2D eigenvalue weighted by molar-refractivity contribution is 7.14. The van der Waals surface area contributed by atoms with E-state index in [0.29, 0.717) is 0 Å². The van der Waals surface area contributed by atoms with Crippen molar-refractivity contribution < 1.29 is 4.43 Å². The third-order valence-electron chi connectivity index (χ3n) is 1.06. The number of rotatable bonds is 3. The van der Waals surface area contributed by atoms with Crippen LogP contribution < -0.4 is 4.98 Å². The molecule has 2 nitrogen and oxygen atoms in total. The predicted octanol–water partition coefficient (Wildman–Crippen LogP) is 2.61. The fraction of sp³-hybridized carbons (Fsp3) is 1.00. The lowest BCUT2D eigenvalue weighted by molar-refractivity contribution is 0.225. The lowest BCUT2D eigenvalue weighted by Gasteiger charge is -2.31. The smallest absolute Gasteiger partial charge is 0.368 e. The van der Waals surface area contributed by atoms with Gasteiger partial charge in [-0.15, -0.1) is 11.1 Å². The van der Waals surface area contributed by atoms with Gasteiger partial charge in [-0.1, -0.05) is 0 Å². The number of hydrogen-bond donors (Lipinski definition) is 1. The molecule has 0 fully saturated rings. The molecule has 0 aliphatic carbocycles. The Kier molecular flexibility index (Phi) is 4.24. The first-order valence-corrected chi connectivity index (χ1v) is 7.70. The highest BCUT2D eigenvalue weighted by atomic mass is 35.6. The van der Waals surface area contributed by atoms with E-state index in [1.54, 1.807) is 0 Å². The number of hydrogen-bond acceptors (Lipinski definition) is 2. The van der Waals surface area contributed by atoms with E-state index in [0.717, 1.165) is 0 Å². The van der Waals surface area contributed by atoms with Crippen molar-refractivity contribution in [2.45, 2.75) is 52.8 Å². The van der Waals surface area contributed by atoms with Crippen molar-refractivity contribution in [3.05, 3.63) is 0 Å². The van der Waals surface area contributed by atoms with Crippen molar-refractivity contribution in [1.29, 1.82) is 0 Å². The number of halogens is 1. The molecule has 0 aromatic rings. The summed E-state index contributed by atoms with van der Waals surface area (Å²) >= 11 is 6.22. The van der Waals surface area contributed by atoms with Crippen LogP contribution in [0.1, 0.15) is 34.6 Å².